The van der Waals surface area contributed by atoms with Crippen molar-refractivity contribution in [2.45, 2.75) is 33.2 Å². The first-order valence-electron chi connectivity index (χ1n) is 9.43. The molecule has 8 heteroatoms. The van der Waals surface area contributed by atoms with Crippen molar-refractivity contribution >= 4 is 33.2 Å². The van der Waals surface area contributed by atoms with Crippen molar-refractivity contribution < 1.29 is 17.9 Å². The first-order chi connectivity index (χ1) is 13.7. The van der Waals surface area contributed by atoms with E-state index in [1.165, 1.54) is 4.31 Å². The third-order valence-corrected chi connectivity index (χ3v) is 5.77. The second-order valence-electron chi connectivity index (χ2n) is 6.69. The molecule has 0 saturated carbocycles. The van der Waals surface area contributed by atoms with E-state index in [0.717, 1.165) is 23.1 Å². The van der Waals surface area contributed by atoms with Crippen molar-refractivity contribution in [3.8, 4) is 5.75 Å². The van der Waals surface area contributed by atoms with Crippen LogP contribution in [-0.2, 0) is 21.4 Å². The molecule has 1 amide bonds. The number of para-hydroxylation sites is 1. The minimum absolute atomic E-state index is 0.146. The number of halogens is 1. The van der Waals surface area contributed by atoms with Crippen LogP contribution in [0.4, 0.5) is 5.69 Å². The van der Waals surface area contributed by atoms with Gasteiger partial charge in [0.1, 0.15) is 5.75 Å². The quantitative estimate of drug-likeness (QED) is 0.610. The van der Waals surface area contributed by atoms with E-state index in [1.807, 2.05) is 38.1 Å². The van der Waals surface area contributed by atoms with E-state index in [9.17, 15) is 13.2 Å². The van der Waals surface area contributed by atoms with E-state index < -0.39 is 10.0 Å². The van der Waals surface area contributed by atoms with Crippen LogP contribution >= 0.6 is 11.6 Å². The van der Waals surface area contributed by atoms with Gasteiger partial charge in [0, 0.05) is 30.1 Å². The normalized spacial score (nSPS) is 11.2. The van der Waals surface area contributed by atoms with E-state index >= 15 is 0 Å². The van der Waals surface area contributed by atoms with Crippen LogP contribution in [0.2, 0.25) is 5.02 Å². The Hall–Kier alpha value is -2.25. The number of hydrogen-bond acceptors (Lipinski definition) is 4. The first kappa shape index (κ1) is 23.0. The summed E-state index contributed by atoms with van der Waals surface area (Å²) in [5.74, 6) is 0.600. The zero-order valence-electron chi connectivity index (χ0n) is 16.9. The molecule has 0 atom stereocenters. The fourth-order valence-electron chi connectivity index (χ4n) is 2.93. The van der Waals surface area contributed by atoms with Gasteiger partial charge in [-0.3, -0.25) is 9.10 Å². The van der Waals surface area contributed by atoms with Crippen molar-refractivity contribution in [3.63, 3.8) is 0 Å². The van der Waals surface area contributed by atoms with Crippen LogP contribution in [0.25, 0.3) is 0 Å². The lowest BCUT2D eigenvalue weighted by Crippen LogP contribution is -2.32. The molecule has 0 aromatic heterocycles. The molecule has 6 nitrogen and oxygen atoms in total. The number of anilines is 1. The Balaban J connectivity index is 1.94. The highest BCUT2D eigenvalue weighted by atomic mass is 35.5. The number of nitrogens with zero attached hydrogens (tertiary/aromatic N) is 1. The van der Waals surface area contributed by atoms with E-state index in [0.29, 0.717) is 30.3 Å². The Morgan fingerprint density at radius 3 is 2.62 bits per heavy atom. The summed E-state index contributed by atoms with van der Waals surface area (Å²) >= 11 is 6.03. The molecule has 0 aliphatic carbocycles. The molecule has 0 unspecified atom stereocenters. The zero-order valence-corrected chi connectivity index (χ0v) is 18.5. The molecule has 2 aromatic carbocycles. The summed E-state index contributed by atoms with van der Waals surface area (Å²) < 4.78 is 31.3. The van der Waals surface area contributed by atoms with Gasteiger partial charge in [0.15, 0.2) is 0 Å². The highest BCUT2D eigenvalue weighted by Crippen LogP contribution is 2.26. The summed E-state index contributed by atoms with van der Waals surface area (Å²) in [6.07, 6.45) is 1.75. The average Bonchev–Trinajstić information content (AvgIpc) is 2.66. The van der Waals surface area contributed by atoms with Crippen LogP contribution in [-0.4, -0.2) is 33.7 Å². The number of carbonyl (C=O) groups excluding carboxylic acids is 1. The molecule has 2 rings (SSSR count). The maximum absolute atomic E-state index is 12.2. The fourth-order valence-corrected chi connectivity index (χ4v) is 4.11. The molecule has 0 bridgehead atoms. The standard InChI is InChI=1S/C21H27ClN2O4S/c1-4-28-20-9-6-5-8-17(20)15-23-21(25)10-7-13-24(29(3,26)27)19-14-18(22)12-11-16(19)2/h5-6,8-9,11-12,14H,4,7,10,13,15H2,1-3H3,(H,23,25). The highest BCUT2D eigenvalue weighted by molar-refractivity contribution is 7.92. The van der Waals surface area contributed by atoms with E-state index in [4.69, 9.17) is 16.3 Å². The summed E-state index contributed by atoms with van der Waals surface area (Å²) in [4.78, 5) is 12.2. The number of rotatable bonds is 10. The minimum Gasteiger partial charge on any atom is -0.494 e. The molecule has 0 aliphatic heterocycles. The molecule has 0 fully saturated rings. The predicted octanol–water partition coefficient (Wildman–Crippen LogP) is 3.91. The molecule has 0 heterocycles. The number of carbonyl (C=O) groups is 1. The van der Waals surface area contributed by atoms with Crippen LogP contribution in [0.15, 0.2) is 42.5 Å². The predicted molar refractivity (Wildman–Crippen MR) is 117 cm³/mol. The van der Waals surface area contributed by atoms with E-state index in [2.05, 4.69) is 5.32 Å². The number of aryl methyl sites for hydroxylation is 1. The van der Waals surface area contributed by atoms with Gasteiger partial charge in [0.05, 0.1) is 18.6 Å². The summed E-state index contributed by atoms with van der Waals surface area (Å²) in [6.45, 7) is 4.84. The van der Waals surface area contributed by atoms with Gasteiger partial charge in [0.25, 0.3) is 0 Å². The number of benzene rings is 2. The summed E-state index contributed by atoms with van der Waals surface area (Å²) in [7, 11) is -3.50. The maximum Gasteiger partial charge on any atom is 0.232 e. The number of nitrogens with one attached hydrogen (secondary N) is 1. The lowest BCUT2D eigenvalue weighted by Gasteiger charge is -2.24. The minimum atomic E-state index is -3.50. The smallest absolute Gasteiger partial charge is 0.232 e. The van der Waals surface area contributed by atoms with Gasteiger partial charge in [-0.1, -0.05) is 35.9 Å². The molecule has 0 radical (unpaired) electrons. The number of ether oxygens (including phenoxy) is 1. The average molecular weight is 439 g/mol. The summed E-state index contributed by atoms with van der Waals surface area (Å²) in [5, 5.41) is 3.33. The largest absolute Gasteiger partial charge is 0.494 e. The Morgan fingerprint density at radius 2 is 1.93 bits per heavy atom. The molecular weight excluding hydrogens is 412 g/mol. The molecule has 158 valence electrons. The molecular formula is C21H27ClN2O4S. The Kier molecular flexibility index (Phi) is 8.34. The first-order valence-corrected chi connectivity index (χ1v) is 11.7. The van der Waals surface area contributed by atoms with Gasteiger partial charge < -0.3 is 10.1 Å². The van der Waals surface area contributed by atoms with Crippen molar-refractivity contribution in [1.29, 1.82) is 0 Å². The third-order valence-electron chi connectivity index (χ3n) is 4.35. The molecule has 29 heavy (non-hydrogen) atoms. The van der Waals surface area contributed by atoms with Gasteiger partial charge in [-0.05, 0) is 44.0 Å². The monoisotopic (exact) mass is 438 g/mol. The fraction of sp³-hybridized carbons (Fsp3) is 0.381. The lowest BCUT2D eigenvalue weighted by atomic mass is 10.2. The Labute approximate surface area is 177 Å². The number of hydrogen-bond donors (Lipinski definition) is 1. The summed E-state index contributed by atoms with van der Waals surface area (Å²) in [6, 6.07) is 12.7. The van der Waals surface area contributed by atoms with Gasteiger partial charge in [-0.2, -0.15) is 0 Å². The maximum atomic E-state index is 12.2. The number of amides is 1. The molecule has 2 aromatic rings. The number of sulfonamides is 1. The van der Waals surface area contributed by atoms with Crippen LogP contribution < -0.4 is 14.4 Å². The summed E-state index contributed by atoms with van der Waals surface area (Å²) in [5.41, 5.74) is 2.23. The SMILES string of the molecule is CCOc1ccccc1CNC(=O)CCCN(c1cc(Cl)ccc1C)S(C)(=O)=O. The van der Waals surface area contributed by atoms with Crippen molar-refractivity contribution in [2.24, 2.45) is 0 Å². The van der Waals surface area contributed by atoms with Crippen LogP contribution in [0, 0.1) is 6.92 Å². The molecule has 1 N–H and O–H groups in total. The van der Waals surface area contributed by atoms with Gasteiger partial charge >= 0.3 is 0 Å². The van der Waals surface area contributed by atoms with Crippen molar-refractivity contribution in [3.05, 3.63) is 58.6 Å². The van der Waals surface area contributed by atoms with E-state index in [-0.39, 0.29) is 18.9 Å². The zero-order chi connectivity index (χ0) is 21.4. The lowest BCUT2D eigenvalue weighted by molar-refractivity contribution is -0.121. The van der Waals surface area contributed by atoms with Crippen molar-refractivity contribution in [2.75, 3.05) is 23.7 Å². The Morgan fingerprint density at radius 1 is 1.21 bits per heavy atom. The second kappa shape index (κ2) is 10.5. The van der Waals surface area contributed by atoms with Crippen LogP contribution in [0.1, 0.15) is 30.9 Å². The van der Waals surface area contributed by atoms with Crippen LogP contribution in [0.3, 0.4) is 0 Å². The van der Waals surface area contributed by atoms with Gasteiger partial charge in [-0.15, -0.1) is 0 Å². The van der Waals surface area contributed by atoms with Crippen LogP contribution in [0.5, 0.6) is 5.75 Å². The topological polar surface area (TPSA) is 75.7 Å². The van der Waals surface area contributed by atoms with Gasteiger partial charge in [-0.25, -0.2) is 8.42 Å². The van der Waals surface area contributed by atoms with E-state index in [1.54, 1.807) is 18.2 Å². The third kappa shape index (κ3) is 6.94. The second-order valence-corrected chi connectivity index (χ2v) is 9.03. The molecule has 0 spiro atoms. The Bertz CT molecular complexity index is 947. The van der Waals surface area contributed by atoms with Gasteiger partial charge in [0.2, 0.25) is 15.9 Å². The molecule has 0 saturated heterocycles. The van der Waals surface area contributed by atoms with Crippen molar-refractivity contribution in [1.82, 2.24) is 5.32 Å². The molecule has 0 aliphatic rings. The highest BCUT2D eigenvalue weighted by Gasteiger charge is 2.19.